The highest BCUT2D eigenvalue weighted by molar-refractivity contribution is 5.90. The fraction of sp³-hybridized carbons (Fsp3) is 0.786. The molecule has 2 aliphatic rings. The lowest BCUT2D eigenvalue weighted by Gasteiger charge is -2.33. The average molecular weight is 282 g/mol. The van der Waals surface area contributed by atoms with Gasteiger partial charge in [-0.3, -0.25) is 14.4 Å². The van der Waals surface area contributed by atoms with Crippen LogP contribution in [0.1, 0.15) is 39.0 Å². The van der Waals surface area contributed by atoms with E-state index in [0.717, 1.165) is 31.6 Å². The zero-order chi connectivity index (χ0) is 14.7. The third-order valence-electron chi connectivity index (χ3n) is 4.37. The summed E-state index contributed by atoms with van der Waals surface area (Å²) in [6.07, 6.45) is 4.49. The zero-order valence-corrected chi connectivity index (χ0v) is 11.8. The lowest BCUT2D eigenvalue weighted by atomic mass is 9.87. The van der Waals surface area contributed by atoms with Gasteiger partial charge >= 0.3 is 5.97 Å². The Morgan fingerprint density at radius 2 is 1.95 bits per heavy atom. The third-order valence-corrected chi connectivity index (χ3v) is 4.37. The van der Waals surface area contributed by atoms with E-state index in [1.807, 2.05) is 4.90 Å². The third kappa shape index (κ3) is 3.49. The number of carbonyl (C=O) groups is 3. The quantitative estimate of drug-likeness (QED) is 0.791. The van der Waals surface area contributed by atoms with Crippen molar-refractivity contribution in [3.8, 4) is 0 Å². The van der Waals surface area contributed by atoms with Gasteiger partial charge in [0.25, 0.3) is 0 Å². The van der Waals surface area contributed by atoms with Crippen molar-refractivity contribution in [1.82, 2.24) is 10.2 Å². The number of carbonyl (C=O) groups excluding carboxylic acids is 2. The predicted octanol–water partition coefficient (Wildman–Crippen LogP) is 0.614. The molecule has 1 atom stereocenters. The van der Waals surface area contributed by atoms with Gasteiger partial charge in [-0.25, -0.2) is 0 Å². The average Bonchev–Trinajstić information content (AvgIpc) is 2.79. The number of carboxylic acids is 1. The van der Waals surface area contributed by atoms with E-state index in [1.54, 1.807) is 0 Å². The standard InChI is InChI=1S/C14H22N2O4/c1-9-2-4-11(5-3-9)16-8-10(6-12(16)17)14(20)15-7-13(18)19/h9-11H,2-8H2,1H3,(H,15,20)(H,18,19). The summed E-state index contributed by atoms with van der Waals surface area (Å²) in [4.78, 5) is 36.1. The second-order valence-electron chi connectivity index (χ2n) is 5.97. The summed E-state index contributed by atoms with van der Waals surface area (Å²) in [6.45, 7) is 2.28. The molecule has 2 amide bonds. The Morgan fingerprint density at radius 1 is 1.30 bits per heavy atom. The van der Waals surface area contributed by atoms with Crippen LogP contribution in [0, 0.1) is 11.8 Å². The molecule has 0 aromatic heterocycles. The van der Waals surface area contributed by atoms with E-state index in [-0.39, 0.29) is 30.8 Å². The molecule has 20 heavy (non-hydrogen) atoms. The van der Waals surface area contributed by atoms with E-state index in [1.165, 1.54) is 0 Å². The van der Waals surface area contributed by atoms with Crippen LogP contribution in [0.3, 0.4) is 0 Å². The van der Waals surface area contributed by atoms with Crippen LogP contribution in [0.4, 0.5) is 0 Å². The van der Waals surface area contributed by atoms with Crippen molar-refractivity contribution in [3.05, 3.63) is 0 Å². The topological polar surface area (TPSA) is 86.7 Å². The van der Waals surface area contributed by atoms with Gasteiger partial charge < -0.3 is 15.3 Å². The van der Waals surface area contributed by atoms with Crippen LogP contribution in [0.15, 0.2) is 0 Å². The van der Waals surface area contributed by atoms with Crippen molar-refractivity contribution < 1.29 is 19.5 Å². The van der Waals surface area contributed by atoms with Crippen molar-refractivity contribution in [2.24, 2.45) is 11.8 Å². The van der Waals surface area contributed by atoms with Crippen molar-refractivity contribution in [3.63, 3.8) is 0 Å². The molecule has 1 saturated heterocycles. The van der Waals surface area contributed by atoms with E-state index >= 15 is 0 Å². The number of aliphatic carboxylic acids is 1. The first-order chi connectivity index (χ1) is 9.47. The number of nitrogens with one attached hydrogen (secondary N) is 1. The van der Waals surface area contributed by atoms with Crippen LogP contribution in [0.25, 0.3) is 0 Å². The first-order valence-electron chi connectivity index (χ1n) is 7.26. The van der Waals surface area contributed by atoms with Crippen LogP contribution in [0.5, 0.6) is 0 Å². The fourth-order valence-corrected chi connectivity index (χ4v) is 3.12. The number of hydrogen-bond donors (Lipinski definition) is 2. The van der Waals surface area contributed by atoms with Gasteiger partial charge in [0.05, 0.1) is 5.92 Å². The van der Waals surface area contributed by atoms with Gasteiger partial charge in [0.2, 0.25) is 11.8 Å². The van der Waals surface area contributed by atoms with Gasteiger partial charge in [-0.1, -0.05) is 6.92 Å². The maximum absolute atomic E-state index is 12.0. The van der Waals surface area contributed by atoms with Crippen molar-refractivity contribution >= 4 is 17.8 Å². The Hall–Kier alpha value is -1.59. The predicted molar refractivity (Wildman–Crippen MR) is 71.9 cm³/mol. The van der Waals surface area contributed by atoms with E-state index in [4.69, 9.17) is 5.11 Å². The number of likely N-dealkylation sites (tertiary alicyclic amines) is 1. The molecule has 2 rings (SSSR count). The van der Waals surface area contributed by atoms with E-state index in [0.29, 0.717) is 6.54 Å². The Labute approximate surface area is 118 Å². The van der Waals surface area contributed by atoms with E-state index in [9.17, 15) is 14.4 Å². The highest BCUT2D eigenvalue weighted by atomic mass is 16.4. The Bertz CT molecular complexity index is 402. The van der Waals surface area contributed by atoms with Crippen LogP contribution in [-0.4, -0.2) is 46.9 Å². The van der Waals surface area contributed by atoms with Gasteiger partial charge in [0, 0.05) is 19.0 Å². The minimum atomic E-state index is -1.07. The molecule has 1 unspecified atom stereocenters. The number of nitrogens with zero attached hydrogens (tertiary/aromatic N) is 1. The minimum Gasteiger partial charge on any atom is -0.480 e. The highest BCUT2D eigenvalue weighted by Crippen LogP contribution is 2.31. The lowest BCUT2D eigenvalue weighted by molar-refractivity contribution is -0.138. The smallest absolute Gasteiger partial charge is 0.322 e. The maximum atomic E-state index is 12.0. The van der Waals surface area contributed by atoms with Gasteiger partial charge in [-0.05, 0) is 31.6 Å². The molecule has 0 aromatic carbocycles. The largest absolute Gasteiger partial charge is 0.480 e. The van der Waals surface area contributed by atoms with Crippen LogP contribution in [0.2, 0.25) is 0 Å². The fourth-order valence-electron chi connectivity index (χ4n) is 3.12. The van der Waals surface area contributed by atoms with Gasteiger partial charge in [0.1, 0.15) is 6.54 Å². The molecule has 1 aliphatic heterocycles. The van der Waals surface area contributed by atoms with Crippen LogP contribution < -0.4 is 5.32 Å². The van der Waals surface area contributed by atoms with Gasteiger partial charge in [0.15, 0.2) is 0 Å². The molecule has 112 valence electrons. The molecule has 1 heterocycles. The molecule has 0 bridgehead atoms. The number of rotatable bonds is 4. The van der Waals surface area contributed by atoms with Crippen molar-refractivity contribution in [1.29, 1.82) is 0 Å². The molecule has 2 N–H and O–H groups in total. The molecule has 2 fully saturated rings. The maximum Gasteiger partial charge on any atom is 0.322 e. The SMILES string of the molecule is CC1CCC(N2CC(C(=O)NCC(=O)O)CC2=O)CC1. The summed E-state index contributed by atoms with van der Waals surface area (Å²) in [6, 6.07) is 0.260. The summed E-state index contributed by atoms with van der Waals surface area (Å²) in [5, 5.41) is 10.9. The van der Waals surface area contributed by atoms with Crippen LogP contribution in [-0.2, 0) is 14.4 Å². The molecular formula is C14H22N2O4. The number of amides is 2. The van der Waals surface area contributed by atoms with E-state index in [2.05, 4.69) is 12.2 Å². The summed E-state index contributed by atoms with van der Waals surface area (Å²) in [5.41, 5.74) is 0. The summed E-state index contributed by atoms with van der Waals surface area (Å²) in [7, 11) is 0. The Balaban J connectivity index is 1.87. The zero-order valence-electron chi connectivity index (χ0n) is 11.8. The molecule has 0 radical (unpaired) electrons. The summed E-state index contributed by atoms with van der Waals surface area (Å²) in [5.74, 6) is -1.05. The molecule has 1 aliphatic carbocycles. The number of hydrogen-bond acceptors (Lipinski definition) is 3. The summed E-state index contributed by atoms with van der Waals surface area (Å²) >= 11 is 0. The molecular weight excluding hydrogens is 260 g/mol. The second-order valence-corrected chi connectivity index (χ2v) is 5.97. The molecule has 6 nitrogen and oxygen atoms in total. The summed E-state index contributed by atoms with van der Waals surface area (Å²) < 4.78 is 0. The van der Waals surface area contributed by atoms with Gasteiger partial charge in [-0.15, -0.1) is 0 Å². The lowest BCUT2D eigenvalue weighted by Crippen LogP contribution is -2.40. The monoisotopic (exact) mass is 282 g/mol. The first kappa shape index (κ1) is 14.8. The number of carboxylic acid groups (broad SMARTS) is 1. The van der Waals surface area contributed by atoms with Crippen molar-refractivity contribution in [2.45, 2.75) is 45.1 Å². The van der Waals surface area contributed by atoms with E-state index < -0.39 is 11.9 Å². The first-order valence-corrected chi connectivity index (χ1v) is 7.26. The molecule has 0 spiro atoms. The molecule has 1 saturated carbocycles. The minimum absolute atomic E-state index is 0.0278. The Morgan fingerprint density at radius 3 is 2.55 bits per heavy atom. The normalized spacial score (nSPS) is 30.4. The Kier molecular flexibility index (Phi) is 4.62. The highest BCUT2D eigenvalue weighted by Gasteiger charge is 2.38. The molecule has 0 aromatic rings. The second kappa shape index (κ2) is 6.24. The van der Waals surface area contributed by atoms with Crippen molar-refractivity contribution in [2.75, 3.05) is 13.1 Å². The van der Waals surface area contributed by atoms with Gasteiger partial charge in [-0.2, -0.15) is 0 Å². The van der Waals surface area contributed by atoms with Crippen LogP contribution >= 0.6 is 0 Å². The molecule has 6 heteroatoms.